The molecule has 5 nitrogen and oxygen atoms in total. The van der Waals surface area contributed by atoms with Crippen molar-refractivity contribution in [3.8, 4) is 11.3 Å². The first kappa shape index (κ1) is 15.2. The van der Waals surface area contributed by atoms with Crippen LogP contribution in [0.3, 0.4) is 0 Å². The SMILES string of the molecule is CCCNC(C)c1ccc(-c2cc(F)cc([N+](=O)[O-])c2)o1. The van der Waals surface area contributed by atoms with Crippen LogP contribution in [0.4, 0.5) is 10.1 Å². The number of non-ortho nitro benzene ring substituents is 1. The zero-order valence-electron chi connectivity index (χ0n) is 11.9. The van der Waals surface area contributed by atoms with E-state index in [9.17, 15) is 14.5 Å². The van der Waals surface area contributed by atoms with Gasteiger partial charge in [0.1, 0.15) is 17.3 Å². The van der Waals surface area contributed by atoms with Crippen molar-refractivity contribution in [2.24, 2.45) is 0 Å². The minimum atomic E-state index is -0.658. The maximum atomic E-state index is 13.4. The van der Waals surface area contributed by atoms with Crippen LogP contribution in [0.5, 0.6) is 0 Å². The molecule has 0 aliphatic carbocycles. The number of hydrogen-bond acceptors (Lipinski definition) is 4. The zero-order chi connectivity index (χ0) is 15.4. The van der Waals surface area contributed by atoms with Crippen LogP contribution in [-0.4, -0.2) is 11.5 Å². The van der Waals surface area contributed by atoms with Gasteiger partial charge in [-0.25, -0.2) is 4.39 Å². The Hall–Kier alpha value is -2.21. The lowest BCUT2D eigenvalue weighted by Crippen LogP contribution is -2.18. The number of nitrogens with one attached hydrogen (secondary N) is 1. The third-order valence-corrected chi connectivity index (χ3v) is 3.13. The summed E-state index contributed by atoms with van der Waals surface area (Å²) in [5, 5.41) is 14.0. The molecule has 1 N–H and O–H groups in total. The third kappa shape index (κ3) is 3.66. The number of halogens is 1. The van der Waals surface area contributed by atoms with Crippen LogP contribution < -0.4 is 5.32 Å². The van der Waals surface area contributed by atoms with E-state index in [4.69, 9.17) is 4.42 Å². The first-order valence-electron chi connectivity index (χ1n) is 6.79. The summed E-state index contributed by atoms with van der Waals surface area (Å²) in [6, 6.07) is 6.92. The number of hydrogen-bond donors (Lipinski definition) is 1. The van der Waals surface area contributed by atoms with Gasteiger partial charge in [0.05, 0.1) is 17.0 Å². The summed E-state index contributed by atoms with van der Waals surface area (Å²) in [6.07, 6.45) is 1.01. The first-order chi connectivity index (χ1) is 10.0. The van der Waals surface area contributed by atoms with Gasteiger partial charge >= 0.3 is 0 Å². The molecule has 0 aliphatic rings. The highest BCUT2D eigenvalue weighted by molar-refractivity contribution is 5.61. The molecule has 0 radical (unpaired) electrons. The van der Waals surface area contributed by atoms with Crippen molar-refractivity contribution in [2.45, 2.75) is 26.3 Å². The second kappa shape index (κ2) is 6.49. The number of benzene rings is 1. The van der Waals surface area contributed by atoms with Crippen molar-refractivity contribution in [2.75, 3.05) is 6.54 Å². The van der Waals surface area contributed by atoms with Gasteiger partial charge in [-0.2, -0.15) is 0 Å². The number of nitro groups is 1. The van der Waals surface area contributed by atoms with Crippen LogP contribution in [-0.2, 0) is 0 Å². The second-order valence-electron chi connectivity index (χ2n) is 4.83. The Morgan fingerprint density at radius 3 is 2.81 bits per heavy atom. The molecule has 0 spiro atoms. The van der Waals surface area contributed by atoms with Crippen LogP contribution in [0.1, 0.15) is 32.1 Å². The van der Waals surface area contributed by atoms with E-state index in [1.807, 2.05) is 6.92 Å². The van der Waals surface area contributed by atoms with Gasteiger partial charge < -0.3 is 9.73 Å². The highest BCUT2D eigenvalue weighted by atomic mass is 19.1. The summed E-state index contributed by atoms with van der Waals surface area (Å²) in [5.74, 6) is 0.470. The zero-order valence-corrected chi connectivity index (χ0v) is 11.9. The van der Waals surface area contributed by atoms with Gasteiger partial charge in [-0.1, -0.05) is 6.92 Å². The molecule has 21 heavy (non-hydrogen) atoms. The summed E-state index contributed by atoms with van der Waals surface area (Å²) in [7, 11) is 0. The van der Waals surface area contributed by atoms with Crippen LogP contribution in [0, 0.1) is 15.9 Å². The summed E-state index contributed by atoms with van der Waals surface area (Å²) in [6.45, 7) is 4.90. The van der Waals surface area contributed by atoms with Gasteiger partial charge in [-0.05, 0) is 38.1 Å². The van der Waals surface area contributed by atoms with Gasteiger partial charge in [0, 0.05) is 11.6 Å². The number of nitro benzene ring substituents is 1. The molecule has 0 saturated carbocycles. The molecule has 1 heterocycles. The number of nitrogens with zero attached hydrogens (tertiary/aromatic N) is 1. The molecule has 1 unspecified atom stereocenters. The lowest BCUT2D eigenvalue weighted by atomic mass is 10.1. The van der Waals surface area contributed by atoms with E-state index in [1.54, 1.807) is 12.1 Å². The quantitative estimate of drug-likeness (QED) is 0.644. The summed E-state index contributed by atoms with van der Waals surface area (Å²) < 4.78 is 19.1. The van der Waals surface area contributed by atoms with Crippen LogP contribution in [0.15, 0.2) is 34.7 Å². The molecule has 2 rings (SSSR count). The lowest BCUT2D eigenvalue weighted by molar-refractivity contribution is -0.385. The molecule has 0 fully saturated rings. The average molecular weight is 292 g/mol. The molecular weight excluding hydrogens is 275 g/mol. The fourth-order valence-electron chi connectivity index (χ4n) is 2.02. The molecular formula is C15H17FN2O3. The molecule has 6 heteroatoms. The Morgan fingerprint density at radius 1 is 1.38 bits per heavy atom. The van der Waals surface area contributed by atoms with E-state index in [0.29, 0.717) is 17.1 Å². The molecule has 1 aromatic heterocycles. The Balaban J connectivity index is 2.27. The summed E-state index contributed by atoms with van der Waals surface area (Å²) in [5.41, 5.74) is 0.0655. The van der Waals surface area contributed by atoms with Crippen LogP contribution in [0.25, 0.3) is 11.3 Å². The van der Waals surface area contributed by atoms with E-state index in [0.717, 1.165) is 19.0 Å². The minimum absolute atomic E-state index is 0.0299. The predicted molar refractivity (Wildman–Crippen MR) is 77.5 cm³/mol. The predicted octanol–water partition coefficient (Wildman–Crippen LogP) is 4.05. The topological polar surface area (TPSA) is 68.3 Å². The average Bonchev–Trinajstić information content (AvgIpc) is 2.94. The van der Waals surface area contributed by atoms with Crippen molar-refractivity contribution in [1.82, 2.24) is 5.32 Å². The van der Waals surface area contributed by atoms with Gasteiger partial charge in [0.15, 0.2) is 0 Å². The van der Waals surface area contributed by atoms with E-state index in [1.165, 1.54) is 12.1 Å². The molecule has 0 amide bonds. The molecule has 0 bridgehead atoms. The smallest absolute Gasteiger partial charge is 0.273 e. The maximum absolute atomic E-state index is 13.4. The summed E-state index contributed by atoms with van der Waals surface area (Å²) in [4.78, 5) is 10.1. The van der Waals surface area contributed by atoms with Crippen LogP contribution >= 0.6 is 0 Å². The monoisotopic (exact) mass is 292 g/mol. The maximum Gasteiger partial charge on any atom is 0.273 e. The largest absolute Gasteiger partial charge is 0.459 e. The normalized spacial score (nSPS) is 12.3. The first-order valence-corrected chi connectivity index (χ1v) is 6.79. The van der Waals surface area contributed by atoms with Crippen molar-refractivity contribution in [1.29, 1.82) is 0 Å². The van der Waals surface area contributed by atoms with Crippen molar-refractivity contribution in [3.63, 3.8) is 0 Å². The highest BCUT2D eigenvalue weighted by Gasteiger charge is 2.15. The molecule has 1 atom stereocenters. The minimum Gasteiger partial charge on any atom is -0.459 e. The van der Waals surface area contributed by atoms with Gasteiger partial charge in [0.2, 0.25) is 0 Å². The van der Waals surface area contributed by atoms with E-state index in [-0.39, 0.29) is 11.7 Å². The Bertz CT molecular complexity index is 640. The Kier molecular flexibility index (Phi) is 4.70. The van der Waals surface area contributed by atoms with Crippen molar-refractivity contribution < 1.29 is 13.7 Å². The highest BCUT2D eigenvalue weighted by Crippen LogP contribution is 2.29. The molecule has 1 aromatic carbocycles. The molecule has 0 saturated heterocycles. The second-order valence-corrected chi connectivity index (χ2v) is 4.83. The van der Waals surface area contributed by atoms with E-state index < -0.39 is 10.7 Å². The van der Waals surface area contributed by atoms with Crippen LogP contribution in [0.2, 0.25) is 0 Å². The molecule has 112 valence electrons. The van der Waals surface area contributed by atoms with E-state index >= 15 is 0 Å². The van der Waals surface area contributed by atoms with Gasteiger partial charge in [-0.15, -0.1) is 0 Å². The lowest BCUT2D eigenvalue weighted by Gasteiger charge is -2.09. The standard InChI is InChI=1S/C15H17FN2O3/c1-3-6-17-10(2)14-4-5-15(21-14)11-7-12(16)9-13(8-11)18(19)20/h4-5,7-10,17H,3,6H2,1-2H3. The third-order valence-electron chi connectivity index (χ3n) is 3.13. The molecule has 2 aromatic rings. The Labute approximate surface area is 121 Å². The molecule has 0 aliphatic heterocycles. The van der Waals surface area contributed by atoms with Crippen molar-refractivity contribution >= 4 is 5.69 Å². The summed E-state index contributed by atoms with van der Waals surface area (Å²) >= 11 is 0. The number of rotatable bonds is 6. The van der Waals surface area contributed by atoms with Gasteiger partial charge in [0.25, 0.3) is 5.69 Å². The van der Waals surface area contributed by atoms with E-state index in [2.05, 4.69) is 12.2 Å². The van der Waals surface area contributed by atoms with Crippen molar-refractivity contribution in [3.05, 3.63) is 52.0 Å². The van der Waals surface area contributed by atoms with Gasteiger partial charge in [-0.3, -0.25) is 10.1 Å². The Morgan fingerprint density at radius 2 is 2.14 bits per heavy atom. The fraction of sp³-hybridized carbons (Fsp3) is 0.333. The number of furan rings is 1. The fourth-order valence-corrected chi connectivity index (χ4v) is 2.02.